The molecule has 22 heavy (non-hydrogen) atoms. The molecule has 0 aliphatic rings. The Morgan fingerprint density at radius 3 is 2.45 bits per heavy atom. The van der Waals surface area contributed by atoms with Crippen molar-refractivity contribution in [3.8, 4) is 0 Å². The second kappa shape index (κ2) is 8.36. The second-order valence-electron chi connectivity index (χ2n) is 4.74. The molecule has 0 aliphatic carbocycles. The molecular formula is C16H17ClF2N2S. The van der Waals surface area contributed by atoms with Crippen molar-refractivity contribution in [1.82, 2.24) is 0 Å². The monoisotopic (exact) mass is 342 g/mol. The molecule has 6 heteroatoms. The maximum atomic E-state index is 14.0. The van der Waals surface area contributed by atoms with Gasteiger partial charge in [0.25, 0.3) is 0 Å². The van der Waals surface area contributed by atoms with Crippen LogP contribution in [0.4, 0.5) is 14.5 Å². The number of rotatable bonds is 7. The summed E-state index contributed by atoms with van der Waals surface area (Å²) in [5.41, 5.74) is 5.74. The van der Waals surface area contributed by atoms with Gasteiger partial charge in [0.1, 0.15) is 11.6 Å². The van der Waals surface area contributed by atoms with Crippen molar-refractivity contribution in [2.45, 2.75) is 17.7 Å². The first-order chi connectivity index (χ1) is 10.6. The van der Waals surface area contributed by atoms with Crippen LogP contribution >= 0.6 is 23.5 Å². The van der Waals surface area contributed by atoms with Gasteiger partial charge in [-0.2, -0.15) is 0 Å². The molecular weight excluding hydrogens is 326 g/mol. The van der Waals surface area contributed by atoms with Crippen LogP contribution in [0.25, 0.3) is 0 Å². The molecule has 0 saturated heterocycles. The maximum Gasteiger partial charge on any atom is 0.147 e. The lowest BCUT2D eigenvalue weighted by Gasteiger charge is -2.24. The van der Waals surface area contributed by atoms with Crippen molar-refractivity contribution >= 4 is 29.2 Å². The third-order valence-corrected chi connectivity index (χ3v) is 4.36. The van der Waals surface area contributed by atoms with Crippen molar-refractivity contribution in [2.75, 3.05) is 17.4 Å². The lowest BCUT2D eigenvalue weighted by atomic mass is 10.2. The molecule has 0 aliphatic heterocycles. The van der Waals surface area contributed by atoms with E-state index in [2.05, 4.69) is 0 Å². The standard InChI is InChI=1S/C16H17ClF2N2S/c17-12-3-6-14(7-4-12)22-21(10-2-1-9-20)16-11-13(18)5-8-15(16)19/h3-8,11H,1-2,9-10,20H2. The van der Waals surface area contributed by atoms with Gasteiger partial charge in [0.15, 0.2) is 0 Å². The lowest BCUT2D eigenvalue weighted by Crippen LogP contribution is -2.18. The Bertz CT molecular complexity index is 608. The van der Waals surface area contributed by atoms with Crippen LogP contribution in [0.1, 0.15) is 12.8 Å². The Kier molecular flexibility index (Phi) is 6.49. The molecule has 2 rings (SSSR count). The number of nitrogens with two attached hydrogens (primary N) is 1. The van der Waals surface area contributed by atoms with Crippen LogP contribution in [0, 0.1) is 11.6 Å². The van der Waals surface area contributed by atoms with E-state index in [0.29, 0.717) is 18.1 Å². The summed E-state index contributed by atoms with van der Waals surface area (Å²) in [6, 6.07) is 10.7. The molecule has 0 amide bonds. The van der Waals surface area contributed by atoms with E-state index in [0.717, 1.165) is 29.9 Å². The highest BCUT2D eigenvalue weighted by Crippen LogP contribution is 2.32. The molecule has 2 aromatic carbocycles. The van der Waals surface area contributed by atoms with Gasteiger partial charge in [-0.1, -0.05) is 11.6 Å². The average Bonchev–Trinajstić information content (AvgIpc) is 2.51. The van der Waals surface area contributed by atoms with E-state index in [1.807, 2.05) is 12.1 Å². The van der Waals surface area contributed by atoms with Crippen LogP contribution in [-0.2, 0) is 0 Å². The summed E-state index contributed by atoms with van der Waals surface area (Å²) in [5, 5.41) is 0.635. The number of nitrogens with zero attached hydrogens (tertiary/aromatic N) is 1. The molecule has 2 N–H and O–H groups in total. The van der Waals surface area contributed by atoms with E-state index in [1.165, 1.54) is 18.0 Å². The summed E-state index contributed by atoms with van der Waals surface area (Å²) < 4.78 is 29.2. The van der Waals surface area contributed by atoms with Crippen molar-refractivity contribution in [3.63, 3.8) is 0 Å². The van der Waals surface area contributed by atoms with Crippen molar-refractivity contribution in [2.24, 2.45) is 5.73 Å². The second-order valence-corrected chi connectivity index (χ2v) is 6.27. The fourth-order valence-corrected chi connectivity index (χ4v) is 3.01. The Labute approximate surface area is 138 Å². The predicted molar refractivity (Wildman–Crippen MR) is 89.3 cm³/mol. The highest BCUT2D eigenvalue weighted by Gasteiger charge is 2.14. The molecule has 2 nitrogen and oxygen atoms in total. The summed E-state index contributed by atoms with van der Waals surface area (Å²) in [4.78, 5) is 0.904. The van der Waals surface area contributed by atoms with E-state index >= 15 is 0 Å². The van der Waals surface area contributed by atoms with Gasteiger partial charge >= 0.3 is 0 Å². The largest absolute Gasteiger partial charge is 0.330 e. The van der Waals surface area contributed by atoms with Gasteiger partial charge in [-0.3, -0.25) is 0 Å². The van der Waals surface area contributed by atoms with E-state index in [-0.39, 0.29) is 5.69 Å². The molecule has 0 spiro atoms. The molecule has 0 unspecified atom stereocenters. The zero-order valence-electron chi connectivity index (χ0n) is 11.9. The average molecular weight is 343 g/mol. The number of hydrogen-bond acceptors (Lipinski definition) is 3. The molecule has 118 valence electrons. The quantitative estimate of drug-likeness (QED) is 0.575. The summed E-state index contributed by atoms with van der Waals surface area (Å²) >= 11 is 7.22. The first-order valence-electron chi connectivity index (χ1n) is 6.96. The zero-order valence-corrected chi connectivity index (χ0v) is 13.5. The third-order valence-electron chi connectivity index (χ3n) is 3.02. The fourth-order valence-electron chi connectivity index (χ4n) is 1.91. The minimum atomic E-state index is -0.461. The van der Waals surface area contributed by atoms with Crippen LogP contribution in [0.5, 0.6) is 0 Å². The summed E-state index contributed by atoms with van der Waals surface area (Å²) in [5.74, 6) is -0.910. The number of unbranched alkanes of at least 4 members (excludes halogenated alkanes) is 1. The van der Waals surface area contributed by atoms with Crippen molar-refractivity contribution in [1.29, 1.82) is 0 Å². The topological polar surface area (TPSA) is 29.3 Å². The molecule has 0 radical (unpaired) electrons. The maximum absolute atomic E-state index is 14.0. The Hall–Kier alpha value is -1.30. The highest BCUT2D eigenvalue weighted by atomic mass is 35.5. The molecule has 0 bridgehead atoms. The van der Waals surface area contributed by atoms with Gasteiger partial charge in [-0.15, -0.1) is 0 Å². The molecule has 0 aromatic heterocycles. The molecule has 2 aromatic rings. The number of halogens is 3. The van der Waals surface area contributed by atoms with Crippen LogP contribution in [0.15, 0.2) is 47.4 Å². The third kappa shape index (κ3) is 4.87. The van der Waals surface area contributed by atoms with E-state index < -0.39 is 11.6 Å². The first kappa shape index (κ1) is 17.1. The minimum Gasteiger partial charge on any atom is -0.330 e. The fraction of sp³-hybridized carbons (Fsp3) is 0.250. The first-order valence-corrected chi connectivity index (χ1v) is 8.11. The van der Waals surface area contributed by atoms with Crippen molar-refractivity contribution in [3.05, 3.63) is 59.1 Å². The highest BCUT2D eigenvalue weighted by molar-refractivity contribution is 8.00. The van der Waals surface area contributed by atoms with Gasteiger partial charge in [0.2, 0.25) is 0 Å². The smallest absolute Gasteiger partial charge is 0.147 e. The normalized spacial score (nSPS) is 10.7. The van der Waals surface area contributed by atoms with Crippen molar-refractivity contribution < 1.29 is 8.78 Å². The summed E-state index contributed by atoms with van der Waals surface area (Å²) in [7, 11) is 0. The minimum absolute atomic E-state index is 0.233. The number of hydrogen-bond donors (Lipinski definition) is 1. The van der Waals surface area contributed by atoms with Crippen LogP contribution in [0.3, 0.4) is 0 Å². The zero-order chi connectivity index (χ0) is 15.9. The molecule has 0 heterocycles. The number of benzene rings is 2. The Morgan fingerprint density at radius 1 is 1.05 bits per heavy atom. The van der Waals surface area contributed by atoms with Crippen LogP contribution < -0.4 is 10.0 Å². The SMILES string of the molecule is NCCCCN(Sc1ccc(Cl)cc1)c1cc(F)ccc1F. The van der Waals surface area contributed by atoms with Gasteiger partial charge in [0.05, 0.1) is 5.69 Å². The predicted octanol–water partition coefficient (Wildman–Crippen LogP) is 4.87. The van der Waals surface area contributed by atoms with Gasteiger partial charge < -0.3 is 10.0 Å². The summed E-state index contributed by atoms with van der Waals surface area (Å²) in [6.45, 7) is 1.15. The summed E-state index contributed by atoms with van der Waals surface area (Å²) in [6.07, 6.45) is 1.63. The van der Waals surface area contributed by atoms with Gasteiger partial charge in [-0.05, 0) is 67.7 Å². The molecule has 0 fully saturated rings. The van der Waals surface area contributed by atoms with E-state index in [9.17, 15) is 8.78 Å². The molecule has 0 atom stereocenters. The Balaban J connectivity index is 2.21. The lowest BCUT2D eigenvalue weighted by molar-refractivity contribution is 0.599. The van der Waals surface area contributed by atoms with Crippen LogP contribution in [-0.4, -0.2) is 13.1 Å². The van der Waals surface area contributed by atoms with E-state index in [4.69, 9.17) is 17.3 Å². The number of anilines is 1. The van der Waals surface area contributed by atoms with Gasteiger partial charge in [0, 0.05) is 22.5 Å². The Morgan fingerprint density at radius 2 is 1.77 bits per heavy atom. The molecule has 0 saturated carbocycles. The van der Waals surface area contributed by atoms with E-state index in [1.54, 1.807) is 16.4 Å². The van der Waals surface area contributed by atoms with Crippen LogP contribution in [0.2, 0.25) is 5.02 Å². The van der Waals surface area contributed by atoms with Gasteiger partial charge in [-0.25, -0.2) is 8.78 Å².